The molecule has 1 aromatic heterocycles. The van der Waals surface area contributed by atoms with Crippen molar-refractivity contribution in [2.75, 3.05) is 13.2 Å². The lowest BCUT2D eigenvalue weighted by atomic mass is 10.0. The molecule has 0 bridgehead atoms. The van der Waals surface area contributed by atoms with E-state index in [0.29, 0.717) is 13.0 Å². The summed E-state index contributed by atoms with van der Waals surface area (Å²) in [6.45, 7) is 4.11. The number of nitrogens with zero attached hydrogens (tertiary/aromatic N) is 3. The van der Waals surface area contributed by atoms with E-state index >= 15 is 0 Å². The first-order valence-electron chi connectivity index (χ1n) is 6.70. The van der Waals surface area contributed by atoms with E-state index in [1.165, 1.54) is 0 Å². The van der Waals surface area contributed by atoms with Crippen LogP contribution in [0.1, 0.15) is 32.4 Å². The van der Waals surface area contributed by atoms with Crippen LogP contribution < -0.4 is 0 Å². The highest BCUT2D eigenvalue weighted by molar-refractivity contribution is 5.80. The molecule has 0 spiro atoms. The molecule has 0 aromatic carbocycles. The molecule has 1 rings (SSSR count). The smallest absolute Gasteiger partial charge is 0.135 e. The van der Waals surface area contributed by atoms with Crippen LogP contribution in [-0.4, -0.2) is 44.2 Å². The molecule has 0 aliphatic carbocycles. The summed E-state index contributed by atoms with van der Waals surface area (Å²) in [5.41, 5.74) is 0.839. The number of Topliss-reactive ketones (excluding diaryl/α,β-unsaturated/α-hetero) is 1. The van der Waals surface area contributed by atoms with Crippen LogP contribution in [0.3, 0.4) is 0 Å². The van der Waals surface area contributed by atoms with Crippen LogP contribution in [0, 0.1) is 11.8 Å². The molecule has 0 amide bonds. The van der Waals surface area contributed by atoms with E-state index in [0.717, 1.165) is 18.5 Å². The number of aliphatic hydroxyl groups is 2. The summed E-state index contributed by atoms with van der Waals surface area (Å²) in [6, 6.07) is 0. The summed E-state index contributed by atoms with van der Waals surface area (Å²) >= 11 is 0. The summed E-state index contributed by atoms with van der Waals surface area (Å²) in [5.74, 6) is 0.149. The zero-order chi connectivity index (χ0) is 14.3. The molecule has 0 aliphatic rings. The Balaban J connectivity index is 2.36. The maximum atomic E-state index is 11.5. The lowest BCUT2D eigenvalue weighted by molar-refractivity contribution is -0.121. The molecule has 6 nitrogen and oxygen atoms in total. The van der Waals surface area contributed by atoms with Gasteiger partial charge in [0.15, 0.2) is 0 Å². The maximum absolute atomic E-state index is 11.5. The number of aromatic nitrogens is 3. The number of ketones is 1. The second-order valence-corrected chi connectivity index (χ2v) is 5.14. The molecule has 1 aromatic rings. The van der Waals surface area contributed by atoms with Gasteiger partial charge in [-0.05, 0) is 12.8 Å². The first-order valence-corrected chi connectivity index (χ1v) is 6.70. The van der Waals surface area contributed by atoms with Gasteiger partial charge in [-0.2, -0.15) is 0 Å². The predicted molar refractivity (Wildman–Crippen MR) is 70.5 cm³/mol. The molecule has 0 fully saturated rings. The molecule has 0 unspecified atom stereocenters. The zero-order valence-corrected chi connectivity index (χ0v) is 11.6. The fourth-order valence-electron chi connectivity index (χ4n) is 1.71. The molecule has 0 aliphatic heterocycles. The molecule has 6 heteroatoms. The van der Waals surface area contributed by atoms with Gasteiger partial charge in [0.2, 0.25) is 0 Å². The molecule has 2 N–H and O–H groups in total. The van der Waals surface area contributed by atoms with Crippen LogP contribution in [0.4, 0.5) is 0 Å². The quantitative estimate of drug-likeness (QED) is 0.678. The number of carbonyl (C=O) groups excluding carboxylic acids is 1. The molecule has 108 valence electrons. The Morgan fingerprint density at radius 3 is 2.63 bits per heavy atom. The van der Waals surface area contributed by atoms with E-state index in [1.54, 1.807) is 10.9 Å². The summed E-state index contributed by atoms with van der Waals surface area (Å²) in [7, 11) is 0. The van der Waals surface area contributed by atoms with Gasteiger partial charge in [-0.25, -0.2) is 0 Å². The van der Waals surface area contributed by atoms with Crippen molar-refractivity contribution in [2.45, 2.75) is 39.7 Å². The van der Waals surface area contributed by atoms with E-state index in [9.17, 15) is 4.79 Å². The molecule has 19 heavy (non-hydrogen) atoms. The van der Waals surface area contributed by atoms with Gasteiger partial charge in [-0.15, -0.1) is 5.10 Å². The van der Waals surface area contributed by atoms with Crippen LogP contribution in [0.5, 0.6) is 0 Å². The topological polar surface area (TPSA) is 88.2 Å². The first kappa shape index (κ1) is 15.8. The lowest BCUT2D eigenvalue weighted by Crippen LogP contribution is -2.18. The van der Waals surface area contributed by atoms with Gasteiger partial charge in [0, 0.05) is 44.2 Å². The molecule has 0 saturated heterocycles. The number of aryl methyl sites for hydroxylation is 1. The normalized spacial score (nSPS) is 11.5. The van der Waals surface area contributed by atoms with Gasteiger partial charge in [0.25, 0.3) is 0 Å². The van der Waals surface area contributed by atoms with Crippen molar-refractivity contribution in [3.63, 3.8) is 0 Å². The van der Waals surface area contributed by atoms with Crippen molar-refractivity contribution in [3.05, 3.63) is 11.9 Å². The molecule has 1 heterocycles. The summed E-state index contributed by atoms with van der Waals surface area (Å²) in [6.07, 6.45) is 3.87. The fourth-order valence-corrected chi connectivity index (χ4v) is 1.71. The highest BCUT2D eigenvalue weighted by atomic mass is 16.3. The van der Waals surface area contributed by atoms with Gasteiger partial charge in [-0.1, -0.05) is 19.1 Å². The third-order valence-electron chi connectivity index (χ3n) is 3.05. The SMILES string of the molecule is CC(C)C(=O)CCCc1cn(CC(CO)CO)nn1. The van der Waals surface area contributed by atoms with E-state index in [1.807, 2.05) is 13.8 Å². The third kappa shape index (κ3) is 5.48. The maximum Gasteiger partial charge on any atom is 0.135 e. The molecule has 0 radical (unpaired) electrons. The fraction of sp³-hybridized carbons (Fsp3) is 0.769. The minimum Gasteiger partial charge on any atom is -0.396 e. The van der Waals surface area contributed by atoms with Gasteiger partial charge in [0.1, 0.15) is 5.78 Å². The van der Waals surface area contributed by atoms with Gasteiger partial charge >= 0.3 is 0 Å². The van der Waals surface area contributed by atoms with Crippen molar-refractivity contribution in [3.8, 4) is 0 Å². The van der Waals surface area contributed by atoms with Crippen molar-refractivity contribution in [1.29, 1.82) is 0 Å². The Bertz CT molecular complexity index is 386. The molecule has 0 saturated carbocycles. The number of aliphatic hydroxyl groups excluding tert-OH is 2. The second-order valence-electron chi connectivity index (χ2n) is 5.14. The minimum atomic E-state index is -0.211. The number of hydrogen-bond donors (Lipinski definition) is 2. The largest absolute Gasteiger partial charge is 0.396 e. The second kappa shape index (κ2) is 8.01. The highest BCUT2D eigenvalue weighted by Crippen LogP contribution is 2.07. The molecular weight excluding hydrogens is 246 g/mol. The van der Waals surface area contributed by atoms with Crippen LogP contribution in [0.2, 0.25) is 0 Å². The van der Waals surface area contributed by atoms with Crippen LogP contribution in [-0.2, 0) is 17.8 Å². The van der Waals surface area contributed by atoms with Gasteiger partial charge in [0.05, 0.1) is 5.69 Å². The minimum absolute atomic E-state index is 0.0748. The Morgan fingerprint density at radius 2 is 2.05 bits per heavy atom. The van der Waals surface area contributed by atoms with Crippen LogP contribution in [0.15, 0.2) is 6.20 Å². The average molecular weight is 269 g/mol. The van der Waals surface area contributed by atoms with Crippen LogP contribution >= 0.6 is 0 Å². The zero-order valence-electron chi connectivity index (χ0n) is 11.6. The Hall–Kier alpha value is -1.27. The van der Waals surface area contributed by atoms with E-state index < -0.39 is 0 Å². The first-order chi connectivity index (χ1) is 9.06. The van der Waals surface area contributed by atoms with E-state index in [4.69, 9.17) is 10.2 Å². The van der Waals surface area contributed by atoms with Crippen molar-refractivity contribution in [1.82, 2.24) is 15.0 Å². The number of carbonyl (C=O) groups is 1. The number of hydrogen-bond acceptors (Lipinski definition) is 5. The van der Waals surface area contributed by atoms with E-state index in [2.05, 4.69) is 10.3 Å². The van der Waals surface area contributed by atoms with Crippen molar-refractivity contribution >= 4 is 5.78 Å². The van der Waals surface area contributed by atoms with Gasteiger partial charge < -0.3 is 10.2 Å². The highest BCUT2D eigenvalue weighted by Gasteiger charge is 2.10. The van der Waals surface area contributed by atoms with Crippen LogP contribution in [0.25, 0.3) is 0 Å². The summed E-state index contributed by atoms with van der Waals surface area (Å²) in [5, 5.41) is 25.9. The molecule has 0 atom stereocenters. The average Bonchev–Trinajstić information content (AvgIpc) is 2.83. The number of rotatable bonds is 9. The Labute approximate surface area is 113 Å². The molecular formula is C13H23N3O3. The standard InChI is InChI=1S/C13H23N3O3/c1-10(2)13(19)5-3-4-12-7-16(15-14-12)6-11(8-17)9-18/h7,10-11,17-18H,3-6,8-9H2,1-2H3. The van der Waals surface area contributed by atoms with Crippen molar-refractivity contribution in [2.24, 2.45) is 11.8 Å². The van der Waals surface area contributed by atoms with E-state index in [-0.39, 0.29) is 30.8 Å². The lowest BCUT2D eigenvalue weighted by Gasteiger charge is -2.09. The monoisotopic (exact) mass is 269 g/mol. The van der Waals surface area contributed by atoms with Crippen molar-refractivity contribution < 1.29 is 15.0 Å². The third-order valence-corrected chi connectivity index (χ3v) is 3.05. The summed E-state index contributed by atoms with van der Waals surface area (Å²) in [4.78, 5) is 11.5. The predicted octanol–water partition coefficient (Wildman–Crippen LogP) is 0.427. The summed E-state index contributed by atoms with van der Waals surface area (Å²) < 4.78 is 1.62. The van der Waals surface area contributed by atoms with Gasteiger partial charge in [-0.3, -0.25) is 9.48 Å². The Kier molecular flexibility index (Phi) is 6.66. The Morgan fingerprint density at radius 1 is 1.37 bits per heavy atom.